The van der Waals surface area contributed by atoms with Crippen LogP contribution in [0.3, 0.4) is 0 Å². The van der Waals surface area contributed by atoms with Crippen molar-refractivity contribution >= 4 is 110 Å². The second-order valence-electron chi connectivity index (χ2n) is 4.09. The topological polar surface area (TPSA) is 118 Å². The molecule has 0 saturated carbocycles. The molecule has 2 rings (SSSR count). The Morgan fingerprint density at radius 2 is 0.920 bits per heavy atom. The summed E-state index contributed by atoms with van der Waals surface area (Å²) >= 11 is 14.0. The largest absolute Gasteiger partial charge is 0.478 e. The molecule has 25 heavy (non-hydrogen) atoms. The Hall–Kier alpha value is -0.600. The molecule has 0 aliphatic carbocycles. The summed E-state index contributed by atoms with van der Waals surface area (Å²) in [7, 11) is 0. The molecule has 0 atom stereocenters. The quantitative estimate of drug-likeness (QED) is 0.346. The summed E-state index contributed by atoms with van der Waals surface area (Å²) in [4.78, 5) is 47.1. The van der Waals surface area contributed by atoms with Gasteiger partial charge in [-0.3, -0.25) is 0 Å². The normalized spacial score (nSPS) is 10.6. The van der Waals surface area contributed by atoms with E-state index in [1.807, 2.05) is 0 Å². The van der Waals surface area contributed by atoms with Gasteiger partial charge in [-0.05, 0) is 63.7 Å². The van der Waals surface area contributed by atoms with E-state index < -0.39 is 23.9 Å². The van der Waals surface area contributed by atoms with E-state index in [9.17, 15) is 29.4 Å². The Bertz CT molecular complexity index is 856. The molecule has 0 radical (unpaired) electrons. The molecule has 0 aliphatic rings. The van der Waals surface area contributed by atoms with E-state index in [1.54, 1.807) is 0 Å². The summed E-state index contributed by atoms with van der Waals surface area (Å²) in [5.74, 6) is -5.22. The molecule has 0 amide bonds. The van der Waals surface area contributed by atoms with Crippen molar-refractivity contribution < 1.29 is 34.1 Å². The summed E-state index contributed by atoms with van der Waals surface area (Å²) < 4.78 is 5.33. The van der Waals surface area contributed by atoms with Gasteiger partial charge < -0.3 is 14.9 Å². The minimum atomic E-state index is -1.39. The van der Waals surface area contributed by atoms with Crippen LogP contribution in [0.25, 0.3) is 0 Å². The number of hydrogen-bond acceptors (Lipinski definition) is 7. The van der Waals surface area contributed by atoms with Gasteiger partial charge in [-0.25, -0.2) is 19.2 Å². The van der Waals surface area contributed by atoms with Gasteiger partial charge in [0.25, 0.3) is 0 Å². The standard InChI is InChI=1S/C12H2Br4O7S2/c13-5-1(9(17)18)3(7(15)24-5)11(21)23-12(22)4-2(10(19)20)6(14)25-8(4)16/h(H,17,18)(H,19,20). The summed E-state index contributed by atoms with van der Waals surface area (Å²) in [5.41, 5.74) is -1.42. The fourth-order valence-electron chi connectivity index (χ4n) is 1.69. The third kappa shape index (κ3) is 4.06. The van der Waals surface area contributed by atoms with Crippen LogP contribution >= 0.6 is 86.4 Å². The summed E-state index contributed by atoms with van der Waals surface area (Å²) in [6.07, 6.45) is 0. The maximum absolute atomic E-state index is 12.3. The monoisotopic (exact) mass is 638 g/mol. The number of carbonyl (C=O) groups excluding carboxylic acids is 2. The van der Waals surface area contributed by atoms with Gasteiger partial charge in [-0.2, -0.15) is 0 Å². The highest BCUT2D eigenvalue weighted by molar-refractivity contribution is 9.12. The number of halogens is 4. The van der Waals surface area contributed by atoms with Crippen molar-refractivity contribution in [2.24, 2.45) is 0 Å². The van der Waals surface area contributed by atoms with Crippen LogP contribution in [0.2, 0.25) is 0 Å². The highest BCUT2D eigenvalue weighted by Gasteiger charge is 2.32. The van der Waals surface area contributed by atoms with Gasteiger partial charge in [0.05, 0.1) is 15.1 Å². The molecule has 0 aromatic carbocycles. The maximum Gasteiger partial charge on any atom is 0.348 e. The number of rotatable bonds is 4. The summed E-state index contributed by atoms with van der Waals surface area (Å²) in [6.45, 7) is 0. The highest BCUT2D eigenvalue weighted by Crippen LogP contribution is 2.39. The number of ether oxygens (including phenoxy) is 1. The first-order valence-electron chi connectivity index (χ1n) is 5.74. The second-order valence-corrected chi connectivity index (χ2v) is 11.4. The van der Waals surface area contributed by atoms with Gasteiger partial charge >= 0.3 is 23.9 Å². The maximum atomic E-state index is 12.3. The lowest BCUT2D eigenvalue weighted by Gasteiger charge is -2.04. The number of hydrogen-bond donors (Lipinski definition) is 2. The first-order chi connectivity index (χ1) is 11.6. The molecule has 0 bridgehead atoms. The van der Waals surface area contributed by atoms with Crippen molar-refractivity contribution in [2.45, 2.75) is 0 Å². The van der Waals surface area contributed by atoms with Gasteiger partial charge in [0.1, 0.15) is 22.3 Å². The third-order valence-corrected chi connectivity index (χ3v) is 7.73. The average Bonchev–Trinajstić information content (AvgIpc) is 2.93. The van der Waals surface area contributed by atoms with Crippen LogP contribution in [0.1, 0.15) is 41.4 Å². The molecule has 2 N–H and O–H groups in total. The van der Waals surface area contributed by atoms with Crippen LogP contribution in [0, 0.1) is 0 Å². The van der Waals surface area contributed by atoms with Crippen molar-refractivity contribution in [3.63, 3.8) is 0 Å². The van der Waals surface area contributed by atoms with Gasteiger partial charge in [-0.1, -0.05) is 0 Å². The van der Waals surface area contributed by atoms with E-state index in [4.69, 9.17) is 4.74 Å². The van der Waals surface area contributed by atoms with Crippen molar-refractivity contribution in [3.05, 3.63) is 37.4 Å². The molecule has 0 aliphatic heterocycles. The lowest BCUT2D eigenvalue weighted by Crippen LogP contribution is -2.17. The zero-order valence-electron chi connectivity index (χ0n) is 11.3. The fourth-order valence-corrected chi connectivity index (χ4v) is 7.86. The molecule has 0 fully saturated rings. The Balaban J connectivity index is 2.43. The van der Waals surface area contributed by atoms with Crippen molar-refractivity contribution in [1.29, 1.82) is 0 Å². The van der Waals surface area contributed by atoms with Gasteiger partial charge in [0.2, 0.25) is 0 Å². The molecule has 0 saturated heterocycles. The Morgan fingerprint density at radius 1 is 0.640 bits per heavy atom. The first kappa shape index (κ1) is 20.7. The highest BCUT2D eigenvalue weighted by atomic mass is 79.9. The number of thiophene rings is 2. The zero-order chi connectivity index (χ0) is 19.0. The molecule has 13 heteroatoms. The molecule has 7 nitrogen and oxygen atoms in total. The van der Waals surface area contributed by atoms with Crippen LogP contribution in [0.4, 0.5) is 0 Å². The van der Waals surface area contributed by atoms with Crippen LogP contribution < -0.4 is 0 Å². The predicted octanol–water partition coefficient (Wildman–Crippen LogP) is 5.25. The lowest BCUT2D eigenvalue weighted by molar-refractivity contribution is 0.0386. The number of carbonyl (C=O) groups is 4. The Kier molecular flexibility index (Phi) is 6.60. The third-order valence-electron chi connectivity index (χ3n) is 2.67. The molecule has 0 spiro atoms. The molecule has 2 heterocycles. The lowest BCUT2D eigenvalue weighted by atomic mass is 10.2. The summed E-state index contributed by atoms with van der Waals surface area (Å²) in [5, 5.41) is 18.4. The minimum absolute atomic E-state index is 0.151. The van der Waals surface area contributed by atoms with Crippen molar-refractivity contribution in [2.75, 3.05) is 0 Å². The smallest absolute Gasteiger partial charge is 0.348 e. The second kappa shape index (κ2) is 7.96. The minimum Gasteiger partial charge on any atom is -0.478 e. The van der Waals surface area contributed by atoms with Crippen molar-refractivity contribution in [1.82, 2.24) is 0 Å². The molecule has 2 aromatic rings. The molecular weight excluding hydrogens is 640 g/mol. The molecule has 132 valence electrons. The van der Waals surface area contributed by atoms with Crippen LogP contribution in [-0.4, -0.2) is 34.1 Å². The van der Waals surface area contributed by atoms with Gasteiger partial charge in [0, 0.05) is 0 Å². The van der Waals surface area contributed by atoms with Gasteiger partial charge in [-0.15, -0.1) is 22.7 Å². The number of carboxylic acid groups (broad SMARTS) is 2. The van der Waals surface area contributed by atoms with Crippen LogP contribution in [0.15, 0.2) is 15.1 Å². The Labute approximate surface area is 180 Å². The van der Waals surface area contributed by atoms with E-state index in [0.29, 0.717) is 0 Å². The van der Waals surface area contributed by atoms with E-state index in [2.05, 4.69) is 63.7 Å². The number of aromatic carboxylic acids is 2. The predicted molar refractivity (Wildman–Crippen MR) is 103 cm³/mol. The number of carboxylic acids is 2. The van der Waals surface area contributed by atoms with Crippen molar-refractivity contribution in [3.8, 4) is 0 Å². The Morgan fingerprint density at radius 3 is 1.20 bits per heavy atom. The van der Waals surface area contributed by atoms with Gasteiger partial charge in [0.15, 0.2) is 0 Å². The SMILES string of the molecule is O=C(O)c1c(Br)sc(Br)c1C(=O)OC(=O)c1c(Br)sc(Br)c1C(=O)O. The average molecular weight is 642 g/mol. The van der Waals surface area contributed by atoms with E-state index >= 15 is 0 Å². The molecule has 2 aromatic heterocycles. The fraction of sp³-hybridized carbons (Fsp3) is 0. The van der Waals surface area contributed by atoms with E-state index in [-0.39, 0.29) is 37.4 Å². The first-order valence-corrected chi connectivity index (χ1v) is 10.5. The van der Waals surface area contributed by atoms with E-state index in [1.165, 1.54) is 0 Å². The number of esters is 2. The van der Waals surface area contributed by atoms with Crippen LogP contribution in [0.5, 0.6) is 0 Å². The van der Waals surface area contributed by atoms with E-state index in [0.717, 1.165) is 22.7 Å². The summed E-state index contributed by atoms with van der Waals surface area (Å²) in [6, 6.07) is 0. The molecule has 0 unspecified atom stereocenters. The molecular formula is C12H2Br4O7S2. The van der Waals surface area contributed by atoms with Crippen LogP contribution in [-0.2, 0) is 4.74 Å². The zero-order valence-corrected chi connectivity index (χ0v) is 19.2.